The Balaban J connectivity index is 2.02. The Morgan fingerprint density at radius 2 is 2.07 bits per heavy atom. The van der Waals surface area contributed by atoms with Crippen molar-refractivity contribution in [3.63, 3.8) is 0 Å². The molecule has 2 saturated heterocycles. The average molecular weight is 195 g/mol. The number of likely N-dealkylation sites (tertiary alicyclic amines) is 2. The summed E-state index contributed by atoms with van der Waals surface area (Å²) in [4.78, 5) is 15.8. The molecular formula is C11H19N2O-. The molecule has 1 amide bonds. The van der Waals surface area contributed by atoms with E-state index in [1.54, 1.807) is 0 Å². The minimum absolute atomic E-state index is 0.293. The lowest BCUT2D eigenvalue weighted by Gasteiger charge is -2.41. The van der Waals surface area contributed by atoms with Gasteiger partial charge in [0.05, 0.1) is 0 Å². The van der Waals surface area contributed by atoms with Crippen LogP contribution in [0.3, 0.4) is 0 Å². The van der Waals surface area contributed by atoms with E-state index in [-0.39, 0.29) is 0 Å². The molecule has 0 atom stereocenters. The van der Waals surface area contributed by atoms with Crippen molar-refractivity contribution < 1.29 is 4.79 Å². The van der Waals surface area contributed by atoms with Crippen molar-refractivity contribution in [2.75, 3.05) is 26.2 Å². The number of piperidine rings is 1. The maximum atomic E-state index is 11.7. The Kier molecular flexibility index (Phi) is 2.52. The standard InChI is InChI=1S/C11H19N2O/c1-3-13-9-11(8-10(13)14)4-6-12(2)7-5-11/h2-9H2,1H3/q-1. The van der Waals surface area contributed by atoms with Crippen LogP contribution in [0.25, 0.3) is 0 Å². The van der Waals surface area contributed by atoms with Crippen LogP contribution in [0.4, 0.5) is 0 Å². The molecule has 1 spiro atoms. The maximum absolute atomic E-state index is 11.7. The molecule has 2 heterocycles. The predicted octanol–water partition coefficient (Wildman–Crippen LogP) is 1.11. The summed E-state index contributed by atoms with van der Waals surface area (Å²) in [5, 5.41) is 0. The molecule has 2 fully saturated rings. The second kappa shape index (κ2) is 3.54. The van der Waals surface area contributed by atoms with Crippen LogP contribution in [0, 0.1) is 12.5 Å². The third-order valence-electron chi connectivity index (χ3n) is 3.70. The van der Waals surface area contributed by atoms with Gasteiger partial charge in [-0.25, -0.2) is 0 Å². The average Bonchev–Trinajstić information content (AvgIpc) is 2.49. The number of amides is 1. The molecule has 3 heteroatoms. The number of carbonyl (C=O) groups excluding carboxylic acids is 1. The predicted molar refractivity (Wildman–Crippen MR) is 55.5 cm³/mol. The fourth-order valence-corrected chi connectivity index (χ4v) is 2.63. The van der Waals surface area contributed by atoms with Crippen LogP contribution in [-0.4, -0.2) is 41.9 Å². The molecule has 0 aromatic carbocycles. The monoisotopic (exact) mass is 195 g/mol. The zero-order valence-electron chi connectivity index (χ0n) is 8.96. The summed E-state index contributed by atoms with van der Waals surface area (Å²) < 4.78 is 0. The SMILES string of the molecule is [CH2-]N1CCC2(CC1)CC(=O)N(CC)C2. The zero-order chi connectivity index (χ0) is 10.2. The van der Waals surface area contributed by atoms with E-state index in [4.69, 9.17) is 0 Å². The molecule has 0 bridgehead atoms. The summed E-state index contributed by atoms with van der Waals surface area (Å²) in [5.74, 6) is 0.352. The second-order valence-corrected chi connectivity index (χ2v) is 4.70. The van der Waals surface area contributed by atoms with Crippen molar-refractivity contribution in [3.8, 4) is 0 Å². The molecule has 0 radical (unpaired) electrons. The Labute approximate surface area is 86.1 Å². The van der Waals surface area contributed by atoms with Crippen molar-refractivity contribution in [1.29, 1.82) is 0 Å². The molecule has 0 N–H and O–H groups in total. The molecule has 0 unspecified atom stereocenters. The number of nitrogens with zero attached hydrogens (tertiary/aromatic N) is 2. The quantitative estimate of drug-likeness (QED) is 0.585. The Morgan fingerprint density at radius 1 is 1.43 bits per heavy atom. The van der Waals surface area contributed by atoms with Gasteiger partial charge in [-0.05, 0) is 38.3 Å². The summed E-state index contributed by atoms with van der Waals surface area (Å²) in [6.45, 7) is 6.01. The Bertz CT molecular complexity index is 231. The lowest BCUT2D eigenvalue weighted by molar-refractivity contribution is -0.127. The number of hydrogen-bond donors (Lipinski definition) is 0. The van der Waals surface area contributed by atoms with Gasteiger partial charge in [-0.15, -0.1) is 0 Å². The molecule has 0 saturated carbocycles. The Hall–Kier alpha value is -0.570. The van der Waals surface area contributed by atoms with Crippen LogP contribution in [0.5, 0.6) is 0 Å². The first-order chi connectivity index (χ1) is 6.65. The molecular weight excluding hydrogens is 176 g/mol. The van der Waals surface area contributed by atoms with Gasteiger partial charge >= 0.3 is 0 Å². The van der Waals surface area contributed by atoms with Crippen LogP contribution < -0.4 is 0 Å². The van der Waals surface area contributed by atoms with Crippen LogP contribution in [-0.2, 0) is 4.79 Å². The summed E-state index contributed by atoms with van der Waals surface area (Å²) >= 11 is 0. The number of carbonyl (C=O) groups is 1. The van der Waals surface area contributed by atoms with Crippen LogP contribution >= 0.6 is 0 Å². The van der Waals surface area contributed by atoms with E-state index >= 15 is 0 Å². The number of rotatable bonds is 1. The van der Waals surface area contributed by atoms with Gasteiger partial charge < -0.3 is 9.80 Å². The highest BCUT2D eigenvalue weighted by Crippen LogP contribution is 2.40. The lowest BCUT2D eigenvalue weighted by Crippen LogP contribution is -2.38. The van der Waals surface area contributed by atoms with Crippen molar-refractivity contribution in [1.82, 2.24) is 9.80 Å². The van der Waals surface area contributed by atoms with Crippen molar-refractivity contribution >= 4 is 5.91 Å². The summed E-state index contributed by atoms with van der Waals surface area (Å²) in [7, 11) is 3.95. The van der Waals surface area contributed by atoms with Gasteiger partial charge in [0.25, 0.3) is 0 Å². The van der Waals surface area contributed by atoms with Gasteiger partial charge in [0.1, 0.15) is 0 Å². The highest BCUT2D eigenvalue weighted by atomic mass is 16.2. The van der Waals surface area contributed by atoms with Gasteiger partial charge in [0, 0.05) is 19.5 Å². The van der Waals surface area contributed by atoms with E-state index in [2.05, 4.69) is 18.9 Å². The first-order valence-electron chi connectivity index (χ1n) is 5.48. The fourth-order valence-electron chi connectivity index (χ4n) is 2.63. The number of hydrogen-bond acceptors (Lipinski definition) is 2. The van der Waals surface area contributed by atoms with Gasteiger partial charge in [0.15, 0.2) is 0 Å². The first kappa shape index (κ1) is 9.97. The van der Waals surface area contributed by atoms with Crippen molar-refractivity contribution in [2.24, 2.45) is 5.41 Å². The third kappa shape index (κ3) is 1.65. The van der Waals surface area contributed by atoms with Crippen molar-refractivity contribution in [2.45, 2.75) is 26.2 Å². The van der Waals surface area contributed by atoms with Gasteiger partial charge in [-0.3, -0.25) is 11.8 Å². The topological polar surface area (TPSA) is 23.6 Å². The zero-order valence-corrected chi connectivity index (χ0v) is 8.96. The lowest BCUT2D eigenvalue weighted by atomic mass is 9.78. The fraction of sp³-hybridized carbons (Fsp3) is 0.818. The van der Waals surface area contributed by atoms with Crippen LogP contribution in [0.2, 0.25) is 0 Å². The van der Waals surface area contributed by atoms with E-state index in [0.29, 0.717) is 11.3 Å². The van der Waals surface area contributed by atoms with E-state index in [9.17, 15) is 4.79 Å². The molecule has 0 aromatic heterocycles. The van der Waals surface area contributed by atoms with E-state index < -0.39 is 0 Å². The minimum Gasteiger partial charge on any atom is -0.459 e. The normalized spacial score (nSPS) is 27.6. The van der Waals surface area contributed by atoms with Gasteiger partial charge in [0.2, 0.25) is 5.91 Å². The summed E-state index contributed by atoms with van der Waals surface area (Å²) in [6.07, 6.45) is 3.05. The van der Waals surface area contributed by atoms with Crippen LogP contribution in [0.1, 0.15) is 26.2 Å². The Morgan fingerprint density at radius 3 is 2.57 bits per heavy atom. The molecule has 80 valence electrons. The molecule has 2 rings (SSSR count). The summed E-state index contributed by atoms with van der Waals surface area (Å²) in [6, 6.07) is 0. The molecule has 2 aliphatic heterocycles. The van der Waals surface area contributed by atoms with E-state index in [0.717, 1.165) is 45.4 Å². The molecule has 0 aromatic rings. The second-order valence-electron chi connectivity index (χ2n) is 4.70. The van der Waals surface area contributed by atoms with Crippen LogP contribution in [0.15, 0.2) is 0 Å². The molecule has 0 aliphatic carbocycles. The maximum Gasteiger partial charge on any atom is 0.223 e. The van der Waals surface area contributed by atoms with Gasteiger partial charge in [-0.1, -0.05) is 0 Å². The van der Waals surface area contributed by atoms with E-state index in [1.165, 1.54) is 0 Å². The highest BCUT2D eigenvalue weighted by molar-refractivity contribution is 5.79. The smallest absolute Gasteiger partial charge is 0.223 e. The highest BCUT2D eigenvalue weighted by Gasteiger charge is 2.42. The summed E-state index contributed by atoms with van der Waals surface area (Å²) in [5.41, 5.74) is 0.293. The van der Waals surface area contributed by atoms with E-state index in [1.807, 2.05) is 4.90 Å². The minimum atomic E-state index is 0.293. The molecule has 3 nitrogen and oxygen atoms in total. The largest absolute Gasteiger partial charge is 0.459 e. The third-order valence-corrected chi connectivity index (χ3v) is 3.70. The van der Waals surface area contributed by atoms with Crippen molar-refractivity contribution in [3.05, 3.63) is 7.05 Å². The first-order valence-corrected chi connectivity index (χ1v) is 5.48. The molecule has 2 aliphatic rings. The molecule has 14 heavy (non-hydrogen) atoms. The van der Waals surface area contributed by atoms with Gasteiger partial charge in [-0.2, -0.15) is 0 Å².